The molecule has 0 aromatic heterocycles. The molecule has 0 radical (unpaired) electrons. The third kappa shape index (κ3) is 40.0. The van der Waals surface area contributed by atoms with Crippen molar-refractivity contribution in [2.24, 2.45) is 5.92 Å². The van der Waals surface area contributed by atoms with E-state index in [-0.39, 0.29) is 0 Å². The van der Waals surface area contributed by atoms with E-state index in [9.17, 15) is 0 Å². The molecule has 0 atom stereocenters. The molecule has 248 valence electrons. The lowest BCUT2D eigenvalue weighted by Gasteiger charge is -2.05. The molecule has 0 fully saturated rings. The summed E-state index contributed by atoms with van der Waals surface area (Å²) < 4.78 is 0. The highest BCUT2D eigenvalue weighted by Crippen LogP contribution is 2.17. The predicted molar refractivity (Wildman–Crippen MR) is 188 cm³/mol. The number of rotatable bonds is 37. The third-order valence-corrected chi connectivity index (χ3v) is 9.44. The maximum atomic E-state index is 8.79. The number of aliphatic hydroxyl groups is 1. The van der Waals surface area contributed by atoms with Gasteiger partial charge in [-0.15, -0.1) is 0 Å². The van der Waals surface area contributed by atoms with Crippen LogP contribution in [0.4, 0.5) is 0 Å². The van der Waals surface area contributed by atoms with Crippen molar-refractivity contribution in [3.8, 4) is 0 Å². The lowest BCUT2D eigenvalue weighted by molar-refractivity contribution is 0.282. The first-order valence-corrected chi connectivity index (χ1v) is 19.9. The Morgan fingerprint density at radius 3 is 0.537 bits per heavy atom. The Bertz CT molecular complexity index is 431. The molecular formula is C40H82O. The van der Waals surface area contributed by atoms with Gasteiger partial charge in [-0.25, -0.2) is 0 Å². The molecule has 1 nitrogen and oxygen atoms in total. The minimum absolute atomic E-state index is 0.374. The van der Waals surface area contributed by atoms with Crippen molar-refractivity contribution in [1.29, 1.82) is 0 Å². The quantitative estimate of drug-likeness (QED) is 0.0727. The van der Waals surface area contributed by atoms with Crippen molar-refractivity contribution in [3.63, 3.8) is 0 Å². The molecule has 0 aliphatic rings. The van der Waals surface area contributed by atoms with Gasteiger partial charge >= 0.3 is 0 Å². The normalized spacial score (nSPS) is 11.7. The van der Waals surface area contributed by atoms with E-state index in [1.54, 1.807) is 0 Å². The van der Waals surface area contributed by atoms with Gasteiger partial charge < -0.3 is 5.11 Å². The summed E-state index contributed by atoms with van der Waals surface area (Å²) in [6, 6.07) is 0. The van der Waals surface area contributed by atoms with Gasteiger partial charge in [0.25, 0.3) is 0 Å². The Morgan fingerprint density at radius 1 is 0.244 bits per heavy atom. The van der Waals surface area contributed by atoms with Crippen LogP contribution in [-0.2, 0) is 0 Å². The minimum atomic E-state index is 0.374. The van der Waals surface area contributed by atoms with E-state index in [1.165, 1.54) is 225 Å². The molecular weight excluding hydrogens is 496 g/mol. The zero-order valence-corrected chi connectivity index (χ0v) is 29.2. The van der Waals surface area contributed by atoms with E-state index < -0.39 is 0 Å². The third-order valence-electron chi connectivity index (χ3n) is 9.44. The lowest BCUT2D eigenvalue weighted by Crippen LogP contribution is -1.87. The highest BCUT2D eigenvalue weighted by atomic mass is 16.2. The maximum Gasteiger partial charge on any atom is 0.0431 e. The maximum absolute atomic E-state index is 8.79. The van der Waals surface area contributed by atoms with Gasteiger partial charge in [-0.3, -0.25) is 0 Å². The molecule has 0 aromatic rings. The summed E-state index contributed by atoms with van der Waals surface area (Å²) in [4.78, 5) is 0. The molecule has 41 heavy (non-hydrogen) atoms. The number of unbranched alkanes of at least 4 members (excludes halogenated alkanes) is 34. The van der Waals surface area contributed by atoms with Crippen molar-refractivity contribution >= 4 is 0 Å². The molecule has 0 unspecified atom stereocenters. The Hall–Kier alpha value is -0.0400. The first-order valence-electron chi connectivity index (χ1n) is 19.9. The van der Waals surface area contributed by atoms with Gasteiger partial charge in [0.05, 0.1) is 0 Å². The molecule has 0 saturated carbocycles. The van der Waals surface area contributed by atoms with Gasteiger partial charge in [0.2, 0.25) is 0 Å². The van der Waals surface area contributed by atoms with Gasteiger partial charge in [-0.2, -0.15) is 0 Å². The molecule has 1 N–H and O–H groups in total. The highest BCUT2D eigenvalue weighted by molar-refractivity contribution is 4.53. The fourth-order valence-electron chi connectivity index (χ4n) is 6.50. The van der Waals surface area contributed by atoms with E-state index >= 15 is 0 Å². The zero-order chi connectivity index (χ0) is 29.7. The summed E-state index contributed by atoms with van der Waals surface area (Å²) in [7, 11) is 0. The second-order valence-corrected chi connectivity index (χ2v) is 14.3. The molecule has 0 saturated heterocycles. The largest absolute Gasteiger partial charge is 0.396 e. The van der Waals surface area contributed by atoms with Crippen LogP contribution in [0.2, 0.25) is 0 Å². The van der Waals surface area contributed by atoms with Crippen molar-refractivity contribution in [2.75, 3.05) is 6.61 Å². The topological polar surface area (TPSA) is 20.2 Å². The Balaban J connectivity index is 3.03. The van der Waals surface area contributed by atoms with E-state index in [0.717, 1.165) is 12.3 Å². The van der Waals surface area contributed by atoms with Gasteiger partial charge in [0.15, 0.2) is 0 Å². The SMILES string of the molecule is CC(C)CCCCCCCCCCCCCCCCCCCCCCCCCCCCCCCCCCCCCO. The first-order chi connectivity index (χ1) is 20.3. The molecule has 1 heteroatoms. The second kappa shape index (κ2) is 38.0. The summed E-state index contributed by atoms with van der Waals surface area (Å²) in [5.41, 5.74) is 0. The van der Waals surface area contributed by atoms with E-state index in [1.807, 2.05) is 0 Å². The van der Waals surface area contributed by atoms with Crippen LogP contribution in [0.25, 0.3) is 0 Å². The number of hydrogen-bond acceptors (Lipinski definition) is 1. The van der Waals surface area contributed by atoms with Crippen molar-refractivity contribution < 1.29 is 5.11 Å². The summed E-state index contributed by atoms with van der Waals surface area (Å²) in [6.07, 6.45) is 52.1. The van der Waals surface area contributed by atoms with Crippen LogP contribution in [0.1, 0.15) is 245 Å². The molecule has 0 aliphatic heterocycles. The predicted octanol–water partition coefficient (Wildman–Crippen LogP) is 14.7. The lowest BCUT2D eigenvalue weighted by atomic mass is 10.0. The standard InChI is InChI=1S/C40H82O/c1-40(2)38-36-34-32-30-28-26-24-22-20-18-16-14-12-10-8-6-4-3-5-7-9-11-13-15-17-19-21-23-25-27-29-31-33-35-37-39-41/h40-41H,3-39H2,1-2H3. The van der Waals surface area contributed by atoms with Crippen LogP contribution in [0, 0.1) is 5.92 Å². The van der Waals surface area contributed by atoms with Crippen molar-refractivity contribution in [2.45, 2.75) is 245 Å². The fourth-order valence-corrected chi connectivity index (χ4v) is 6.50. The average molecular weight is 579 g/mol. The fraction of sp³-hybridized carbons (Fsp3) is 1.00. The molecule has 0 amide bonds. The van der Waals surface area contributed by atoms with Crippen molar-refractivity contribution in [1.82, 2.24) is 0 Å². The summed E-state index contributed by atoms with van der Waals surface area (Å²) in [6.45, 7) is 5.07. The van der Waals surface area contributed by atoms with Crippen LogP contribution in [0.5, 0.6) is 0 Å². The second-order valence-electron chi connectivity index (χ2n) is 14.3. The van der Waals surface area contributed by atoms with Crippen LogP contribution in [-0.4, -0.2) is 11.7 Å². The van der Waals surface area contributed by atoms with Gasteiger partial charge in [0, 0.05) is 6.61 Å². The van der Waals surface area contributed by atoms with E-state index in [4.69, 9.17) is 5.11 Å². The number of hydrogen-bond donors (Lipinski definition) is 1. The van der Waals surface area contributed by atoms with E-state index in [0.29, 0.717) is 6.61 Å². The summed E-state index contributed by atoms with van der Waals surface area (Å²) in [5.74, 6) is 0.894. The Kier molecular flexibility index (Phi) is 37.9. The number of aliphatic hydroxyl groups excluding tert-OH is 1. The van der Waals surface area contributed by atoms with Crippen molar-refractivity contribution in [3.05, 3.63) is 0 Å². The van der Waals surface area contributed by atoms with Crippen LogP contribution >= 0.6 is 0 Å². The zero-order valence-electron chi connectivity index (χ0n) is 29.2. The highest BCUT2D eigenvalue weighted by Gasteiger charge is 1.98. The van der Waals surface area contributed by atoms with Crippen LogP contribution in [0.15, 0.2) is 0 Å². The molecule has 0 rings (SSSR count). The molecule has 0 spiro atoms. The molecule has 0 bridgehead atoms. The monoisotopic (exact) mass is 579 g/mol. The Labute approximate surface area is 262 Å². The Morgan fingerprint density at radius 2 is 0.390 bits per heavy atom. The van der Waals surface area contributed by atoms with Crippen LogP contribution in [0.3, 0.4) is 0 Å². The molecule has 0 heterocycles. The first kappa shape index (κ1) is 41.0. The van der Waals surface area contributed by atoms with Gasteiger partial charge in [-0.1, -0.05) is 239 Å². The molecule has 0 aliphatic carbocycles. The smallest absolute Gasteiger partial charge is 0.0431 e. The van der Waals surface area contributed by atoms with E-state index in [2.05, 4.69) is 13.8 Å². The minimum Gasteiger partial charge on any atom is -0.396 e. The van der Waals surface area contributed by atoms with Crippen LogP contribution < -0.4 is 0 Å². The van der Waals surface area contributed by atoms with Gasteiger partial charge in [-0.05, 0) is 12.3 Å². The van der Waals surface area contributed by atoms with Gasteiger partial charge in [0.1, 0.15) is 0 Å². The average Bonchev–Trinajstić information content (AvgIpc) is 2.97. The summed E-state index contributed by atoms with van der Waals surface area (Å²) in [5, 5.41) is 8.79. The molecule has 0 aromatic carbocycles. The summed E-state index contributed by atoms with van der Waals surface area (Å²) >= 11 is 0.